The minimum absolute atomic E-state index is 0.0240. The predicted molar refractivity (Wildman–Crippen MR) is 100 cm³/mol. The van der Waals surface area contributed by atoms with Gasteiger partial charge >= 0.3 is 0 Å². The van der Waals surface area contributed by atoms with E-state index >= 15 is 0 Å². The molecule has 136 valence electrons. The van der Waals surface area contributed by atoms with Gasteiger partial charge in [-0.25, -0.2) is 0 Å². The third kappa shape index (κ3) is 4.26. The zero-order chi connectivity index (χ0) is 18.4. The van der Waals surface area contributed by atoms with Crippen LogP contribution in [0.1, 0.15) is 23.2 Å². The van der Waals surface area contributed by atoms with Crippen LogP contribution in [0.5, 0.6) is 0 Å². The van der Waals surface area contributed by atoms with Crippen molar-refractivity contribution < 1.29 is 9.59 Å². The first-order chi connectivity index (χ1) is 12.7. The van der Waals surface area contributed by atoms with Gasteiger partial charge < -0.3 is 16.0 Å². The maximum absolute atomic E-state index is 12.9. The molecule has 0 bridgehead atoms. The monoisotopic (exact) mass is 352 g/mol. The van der Waals surface area contributed by atoms with Crippen LogP contribution in [-0.4, -0.2) is 47.9 Å². The van der Waals surface area contributed by atoms with E-state index in [9.17, 15) is 9.59 Å². The van der Waals surface area contributed by atoms with E-state index in [4.69, 9.17) is 5.73 Å². The van der Waals surface area contributed by atoms with Crippen LogP contribution in [-0.2, 0) is 4.79 Å². The molecule has 6 nitrogen and oxygen atoms in total. The second-order valence-corrected chi connectivity index (χ2v) is 6.50. The first-order valence-corrected chi connectivity index (χ1v) is 8.96. The smallest absolute Gasteiger partial charge is 0.255 e. The number of pyridine rings is 1. The van der Waals surface area contributed by atoms with Gasteiger partial charge in [-0.15, -0.1) is 0 Å². The van der Waals surface area contributed by atoms with E-state index in [1.165, 1.54) is 0 Å². The molecule has 0 spiro atoms. The van der Waals surface area contributed by atoms with Gasteiger partial charge in [0.05, 0.1) is 11.5 Å². The van der Waals surface area contributed by atoms with E-state index in [1.54, 1.807) is 17.3 Å². The number of aromatic nitrogens is 1. The van der Waals surface area contributed by atoms with Crippen LogP contribution in [0.4, 0.5) is 0 Å². The lowest BCUT2D eigenvalue weighted by molar-refractivity contribution is -0.126. The molecule has 2 aromatic rings. The fourth-order valence-corrected chi connectivity index (χ4v) is 3.24. The van der Waals surface area contributed by atoms with Crippen LogP contribution in [0, 0.1) is 5.92 Å². The van der Waals surface area contributed by atoms with E-state index in [0.717, 1.165) is 24.0 Å². The molecule has 1 aliphatic rings. The normalized spacial score (nSPS) is 17.0. The Kier molecular flexibility index (Phi) is 5.96. The van der Waals surface area contributed by atoms with Gasteiger partial charge in [0.15, 0.2) is 0 Å². The topological polar surface area (TPSA) is 88.3 Å². The van der Waals surface area contributed by atoms with E-state index < -0.39 is 0 Å². The zero-order valence-corrected chi connectivity index (χ0v) is 14.7. The number of carbonyl (C=O) groups excluding carboxylic acids is 2. The fourth-order valence-electron chi connectivity index (χ4n) is 3.24. The van der Waals surface area contributed by atoms with E-state index in [2.05, 4.69) is 10.3 Å². The third-order valence-electron chi connectivity index (χ3n) is 4.62. The summed E-state index contributed by atoms with van der Waals surface area (Å²) in [4.78, 5) is 31.1. The Hall–Kier alpha value is -2.73. The van der Waals surface area contributed by atoms with Crippen LogP contribution in [0.15, 0.2) is 48.8 Å². The summed E-state index contributed by atoms with van der Waals surface area (Å²) in [5.41, 5.74) is 7.91. The number of nitrogens with one attached hydrogen (secondary N) is 1. The van der Waals surface area contributed by atoms with Crippen molar-refractivity contribution in [2.75, 3.05) is 26.2 Å². The highest BCUT2D eigenvalue weighted by molar-refractivity contribution is 5.95. The summed E-state index contributed by atoms with van der Waals surface area (Å²) in [6.45, 7) is 1.98. The Morgan fingerprint density at radius 2 is 2.00 bits per heavy atom. The molecule has 6 heteroatoms. The van der Waals surface area contributed by atoms with Crippen LogP contribution in [0.25, 0.3) is 11.1 Å². The third-order valence-corrected chi connectivity index (χ3v) is 4.62. The Bertz CT molecular complexity index is 763. The SMILES string of the molecule is NCCNC(=O)C1CCCN(C(=O)c2cncc(-c3ccccc3)c2)C1. The highest BCUT2D eigenvalue weighted by atomic mass is 16.2. The zero-order valence-electron chi connectivity index (χ0n) is 14.7. The minimum Gasteiger partial charge on any atom is -0.355 e. The van der Waals surface area contributed by atoms with E-state index in [1.807, 2.05) is 36.4 Å². The molecule has 1 atom stereocenters. The summed E-state index contributed by atoms with van der Waals surface area (Å²) in [7, 11) is 0. The number of carbonyl (C=O) groups is 2. The molecule has 1 aromatic heterocycles. The summed E-state index contributed by atoms with van der Waals surface area (Å²) >= 11 is 0. The molecule has 3 N–H and O–H groups in total. The van der Waals surface area contributed by atoms with Gasteiger partial charge in [-0.05, 0) is 24.5 Å². The molecule has 0 aliphatic carbocycles. The molecule has 26 heavy (non-hydrogen) atoms. The van der Waals surface area contributed by atoms with Crippen molar-refractivity contribution in [3.05, 3.63) is 54.4 Å². The van der Waals surface area contributed by atoms with E-state index in [0.29, 0.717) is 31.7 Å². The van der Waals surface area contributed by atoms with Gasteiger partial charge in [-0.2, -0.15) is 0 Å². The quantitative estimate of drug-likeness (QED) is 0.857. The number of nitrogens with two attached hydrogens (primary N) is 1. The minimum atomic E-state index is -0.176. The number of benzene rings is 1. The highest BCUT2D eigenvalue weighted by Gasteiger charge is 2.28. The lowest BCUT2D eigenvalue weighted by atomic mass is 9.96. The average Bonchev–Trinajstić information content (AvgIpc) is 2.72. The number of piperidine rings is 1. The van der Waals surface area contributed by atoms with E-state index in [-0.39, 0.29) is 17.7 Å². The number of hydrogen-bond acceptors (Lipinski definition) is 4. The molecular weight excluding hydrogens is 328 g/mol. The maximum Gasteiger partial charge on any atom is 0.255 e. The predicted octanol–water partition coefficient (Wildman–Crippen LogP) is 1.68. The second kappa shape index (κ2) is 8.58. The van der Waals surface area contributed by atoms with Gasteiger partial charge in [-0.3, -0.25) is 14.6 Å². The van der Waals surface area contributed by atoms with Gasteiger partial charge in [0, 0.05) is 44.1 Å². The number of hydrogen-bond donors (Lipinski definition) is 2. The van der Waals surface area contributed by atoms with Gasteiger partial charge in [0.2, 0.25) is 5.91 Å². The van der Waals surface area contributed by atoms with Crippen molar-refractivity contribution in [3.8, 4) is 11.1 Å². The highest BCUT2D eigenvalue weighted by Crippen LogP contribution is 2.22. The van der Waals surface area contributed by atoms with Gasteiger partial charge in [0.1, 0.15) is 0 Å². The standard InChI is InChI=1S/C20H24N4O2/c21-8-9-23-19(25)16-7-4-10-24(14-16)20(26)18-11-17(12-22-13-18)15-5-2-1-3-6-15/h1-3,5-6,11-13,16H,4,7-10,14,21H2,(H,23,25). The first-order valence-electron chi connectivity index (χ1n) is 8.96. The molecule has 3 rings (SSSR count). The summed E-state index contributed by atoms with van der Waals surface area (Å²) < 4.78 is 0. The van der Waals surface area contributed by atoms with Gasteiger partial charge in [-0.1, -0.05) is 30.3 Å². The van der Waals surface area contributed by atoms with Crippen molar-refractivity contribution in [2.24, 2.45) is 11.7 Å². The fraction of sp³-hybridized carbons (Fsp3) is 0.350. The summed E-state index contributed by atoms with van der Waals surface area (Å²) in [5.74, 6) is -0.278. The summed E-state index contributed by atoms with van der Waals surface area (Å²) in [6.07, 6.45) is 4.96. The number of nitrogens with zero attached hydrogens (tertiary/aromatic N) is 2. The Morgan fingerprint density at radius 1 is 1.19 bits per heavy atom. The summed E-state index contributed by atoms with van der Waals surface area (Å²) in [5, 5.41) is 2.82. The molecule has 1 aliphatic heterocycles. The van der Waals surface area contributed by atoms with Crippen molar-refractivity contribution >= 4 is 11.8 Å². The van der Waals surface area contributed by atoms with Crippen molar-refractivity contribution in [1.82, 2.24) is 15.2 Å². The van der Waals surface area contributed by atoms with Crippen LogP contribution in [0.2, 0.25) is 0 Å². The second-order valence-electron chi connectivity index (χ2n) is 6.50. The first kappa shape index (κ1) is 18.1. The molecule has 1 unspecified atom stereocenters. The number of rotatable bonds is 5. The Labute approximate surface area is 153 Å². The summed E-state index contributed by atoms with van der Waals surface area (Å²) in [6, 6.07) is 11.7. The van der Waals surface area contributed by atoms with Crippen molar-refractivity contribution in [2.45, 2.75) is 12.8 Å². The molecule has 1 saturated heterocycles. The molecular formula is C20H24N4O2. The Morgan fingerprint density at radius 3 is 2.77 bits per heavy atom. The lowest BCUT2D eigenvalue weighted by Crippen LogP contribution is -2.46. The molecule has 1 fully saturated rings. The van der Waals surface area contributed by atoms with Crippen molar-refractivity contribution in [1.29, 1.82) is 0 Å². The van der Waals surface area contributed by atoms with Crippen LogP contribution in [0.3, 0.4) is 0 Å². The van der Waals surface area contributed by atoms with Crippen LogP contribution < -0.4 is 11.1 Å². The maximum atomic E-state index is 12.9. The molecule has 0 radical (unpaired) electrons. The molecule has 0 saturated carbocycles. The molecule has 2 heterocycles. The average molecular weight is 352 g/mol. The van der Waals surface area contributed by atoms with Crippen molar-refractivity contribution in [3.63, 3.8) is 0 Å². The number of likely N-dealkylation sites (tertiary alicyclic amines) is 1. The Balaban J connectivity index is 1.72. The molecule has 2 amide bonds. The van der Waals surface area contributed by atoms with Crippen LogP contribution >= 0.6 is 0 Å². The molecule has 1 aromatic carbocycles. The number of amides is 2. The lowest BCUT2D eigenvalue weighted by Gasteiger charge is -2.32. The largest absolute Gasteiger partial charge is 0.355 e. The van der Waals surface area contributed by atoms with Gasteiger partial charge in [0.25, 0.3) is 5.91 Å².